The van der Waals surface area contributed by atoms with Gasteiger partial charge in [-0.25, -0.2) is 9.97 Å². The van der Waals surface area contributed by atoms with Crippen LogP contribution in [0.5, 0.6) is 0 Å². The Morgan fingerprint density at radius 2 is 2.24 bits per heavy atom. The number of rotatable bonds is 4. The van der Waals surface area contributed by atoms with E-state index in [9.17, 15) is 4.79 Å². The number of nitrogens with one attached hydrogen (secondary N) is 2. The van der Waals surface area contributed by atoms with Crippen LogP contribution in [0.2, 0.25) is 0 Å². The molecule has 0 bridgehead atoms. The SMILES string of the molecule is Cc1cn(C[C@@]2(C)CC(C(=O)Nc3nc(Br)ccc3C)N[C@@H]2C)cn1. The van der Waals surface area contributed by atoms with Crippen LogP contribution in [0.15, 0.2) is 29.3 Å². The van der Waals surface area contributed by atoms with Gasteiger partial charge in [0.2, 0.25) is 5.91 Å². The van der Waals surface area contributed by atoms with Crippen molar-refractivity contribution in [3.05, 3.63) is 40.5 Å². The van der Waals surface area contributed by atoms with Gasteiger partial charge in [0.1, 0.15) is 10.4 Å². The number of hydrogen-bond acceptors (Lipinski definition) is 4. The van der Waals surface area contributed by atoms with E-state index in [0.29, 0.717) is 10.4 Å². The largest absolute Gasteiger partial charge is 0.337 e. The van der Waals surface area contributed by atoms with E-state index in [4.69, 9.17) is 0 Å². The van der Waals surface area contributed by atoms with E-state index in [1.807, 2.05) is 38.5 Å². The first-order chi connectivity index (χ1) is 11.8. The Labute approximate surface area is 156 Å². The molecule has 1 unspecified atom stereocenters. The van der Waals surface area contributed by atoms with Gasteiger partial charge in [0.15, 0.2) is 0 Å². The van der Waals surface area contributed by atoms with Gasteiger partial charge >= 0.3 is 0 Å². The van der Waals surface area contributed by atoms with Crippen LogP contribution in [0, 0.1) is 19.3 Å². The fraction of sp³-hybridized carbons (Fsp3) is 0.500. The van der Waals surface area contributed by atoms with Crippen LogP contribution in [-0.4, -0.2) is 32.5 Å². The summed E-state index contributed by atoms with van der Waals surface area (Å²) in [5.74, 6) is 0.568. The van der Waals surface area contributed by atoms with E-state index in [1.165, 1.54) is 0 Å². The lowest BCUT2D eigenvalue weighted by atomic mass is 9.82. The maximum Gasteiger partial charge on any atom is 0.242 e. The number of nitrogens with zero attached hydrogens (tertiary/aromatic N) is 3. The molecule has 2 aromatic heterocycles. The zero-order valence-corrected chi connectivity index (χ0v) is 16.6. The summed E-state index contributed by atoms with van der Waals surface area (Å²) in [5, 5.41) is 6.40. The van der Waals surface area contributed by atoms with Crippen LogP contribution in [0.1, 0.15) is 31.5 Å². The van der Waals surface area contributed by atoms with Gasteiger partial charge in [-0.05, 0) is 54.8 Å². The average Bonchev–Trinajstić information content (AvgIpc) is 3.07. The van der Waals surface area contributed by atoms with Crippen molar-refractivity contribution in [2.75, 3.05) is 5.32 Å². The van der Waals surface area contributed by atoms with Gasteiger partial charge in [-0.2, -0.15) is 0 Å². The number of anilines is 1. The van der Waals surface area contributed by atoms with Crippen LogP contribution >= 0.6 is 15.9 Å². The van der Waals surface area contributed by atoms with Gasteiger partial charge in [0.25, 0.3) is 0 Å². The molecule has 2 N–H and O–H groups in total. The molecule has 3 atom stereocenters. The van der Waals surface area contributed by atoms with E-state index in [0.717, 1.165) is 24.2 Å². The Hall–Kier alpha value is -1.73. The van der Waals surface area contributed by atoms with Crippen LogP contribution < -0.4 is 10.6 Å². The second-order valence-electron chi connectivity index (χ2n) is 7.28. The summed E-state index contributed by atoms with van der Waals surface area (Å²) < 4.78 is 2.81. The first-order valence-corrected chi connectivity index (χ1v) is 9.24. The molecule has 2 aromatic rings. The Balaban J connectivity index is 1.69. The predicted molar refractivity (Wildman–Crippen MR) is 101 cm³/mol. The van der Waals surface area contributed by atoms with E-state index >= 15 is 0 Å². The summed E-state index contributed by atoms with van der Waals surface area (Å²) in [7, 11) is 0. The minimum atomic E-state index is -0.232. The fourth-order valence-electron chi connectivity index (χ4n) is 3.39. The minimum absolute atomic E-state index is 0.0190. The highest BCUT2D eigenvalue weighted by Crippen LogP contribution is 2.36. The number of aryl methyl sites for hydroxylation is 2. The number of pyridine rings is 1. The van der Waals surface area contributed by atoms with Crippen LogP contribution in [0.4, 0.5) is 5.82 Å². The summed E-state index contributed by atoms with van der Waals surface area (Å²) in [5.41, 5.74) is 1.93. The molecule has 1 fully saturated rings. The maximum absolute atomic E-state index is 12.7. The van der Waals surface area contributed by atoms with Crippen molar-refractivity contribution in [3.8, 4) is 0 Å². The van der Waals surface area contributed by atoms with Gasteiger partial charge in [-0.3, -0.25) is 4.79 Å². The number of hydrogen-bond donors (Lipinski definition) is 2. The monoisotopic (exact) mass is 405 g/mol. The Morgan fingerprint density at radius 1 is 1.48 bits per heavy atom. The number of amides is 1. The van der Waals surface area contributed by atoms with Crippen molar-refractivity contribution in [2.45, 2.75) is 52.7 Å². The lowest BCUT2D eigenvalue weighted by Gasteiger charge is -2.28. The quantitative estimate of drug-likeness (QED) is 0.766. The zero-order valence-electron chi connectivity index (χ0n) is 15.0. The fourth-order valence-corrected chi connectivity index (χ4v) is 3.70. The Bertz CT molecular complexity index is 790. The molecule has 0 spiro atoms. The summed E-state index contributed by atoms with van der Waals surface area (Å²) in [4.78, 5) is 21.4. The molecule has 0 radical (unpaired) electrons. The number of halogens is 1. The van der Waals surface area contributed by atoms with E-state index in [2.05, 4.69) is 54.9 Å². The van der Waals surface area contributed by atoms with E-state index in [1.54, 1.807) is 0 Å². The normalized spacial score (nSPS) is 26.0. The molecule has 1 amide bonds. The molecule has 7 heteroatoms. The third kappa shape index (κ3) is 3.93. The van der Waals surface area contributed by atoms with E-state index < -0.39 is 0 Å². The molecule has 25 heavy (non-hydrogen) atoms. The molecule has 0 aromatic carbocycles. The third-order valence-electron chi connectivity index (χ3n) is 5.09. The van der Waals surface area contributed by atoms with Crippen LogP contribution in [0.3, 0.4) is 0 Å². The van der Waals surface area contributed by atoms with Gasteiger partial charge < -0.3 is 15.2 Å². The highest BCUT2D eigenvalue weighted by molar-refractivity contribution is 9.10. The number of imidazole rings is 1. The van der Waals surface area contributed by atoms with Crippen molar-refractivity contribution in [2.24, 2.45) is 5.41 Å². The van der Waals surface area contributed by atoms with Crippen molar-refractivity contribution >= 4 is 27.7 Å². The molecule has 0 saturated carbocycles. The summed E-state index contributed by atoms with van der Waals surface area (Å²) in [6.45, 7) is 9.11. The highest BCUT2D eigenvalue weighted by atomic mass is 79.9. The summed E-state index contributed by atoms with van der Waals surface area (Å²) in [6.07, 6.45) is 4.67. The third-order valence-corrected chi connectivity index (χ3v) is 5.54. The maximum atomic E-state index is 12.7. The predicted octanol–water partition coefficient (Wildman–Crippen LogP) is 3.05. The van der Waals surface area contributed by atoms with Gasteiger partial charge in [-0.1, -0.05) is 13.0 Å². The van der Waals surface area contributed by atoms with Gasteiger partial charge in [-0.15, -0.1) is 0 Å². The van der Waals surface area contributed by atoms with Crippen LogP contribution in [0.25, 0.3) is 0 Å². The molecule has 3 heterocycles. The van der Waals surface area contributed by atoms with Crippen molar-refractivity contribution in [1.29, 1.82) is 0 Å². The molecule has 3 rings (SSSR count). The molecule has 0 aliphatic carbocycles. The lowest BCUT2D eigenvalue weighted by molar-refractivity contribution is -0.118. The average molecular weight is 406 g/mol. The molecule has 6 nitrogen and oxygen atoms in total. The lowest BCUT2D eigenvalue weighted by Crippen LogP contribution is -2.39. The van der Waals surface area contributed by atoms with Crippen molar-refractivity contribution in [1.82, 2.24) is 19.9 Å². The number of aromatic nitrogens is 3. The first-order valence-electron chi connectivity index (χ1n) is 8.45. The molecule has 1 aliphatic rings. The first kappa shape index (κ1) is 18.1. The second kappa shape index (κ2) is 6.88. The topological polar surface area (TPSA) is 71.8 Å². The summed E-state index contributed by atoms with van der Waals surface area (Å²) in [6, 6.07) is 3.79. The van der Waals surface area contributed by atoms with Gasteiger partial charge in [0.05, 0.1) is 18.1 Å². The van der Waals surface area contributed by atoms with E-state index in [-0.39, 0.29) is 23.4 Å². The number of carbonyl (C=O) groups is 1. The zero-order chi connectivity index (χ0) is 18.2. The van der Waals surface area contributed by atoms with Gasteiger partial charge in [0, 0.05) is 24.2 Å². The second-order valence-corrected chi connectivity index (χ2v) is 8.09. The Kier molecular flexibility index (Phi) is 4.97. The standard InChI is InChI=1S/C18H24BrN5O/c1-11-5-6-15(19)22-16(11)23-17(25)14-7-18(4,13(3)21-14)9-24-8-12(2)20-10-24/h5-6,8,10,13-14,21H,7,9H2,1-4H3,(H,22,23,25)/t13-,14?,18-/m1/s1. The van der Waals surface area contributed by atoms with Crippen molar-refractivity contribution < 1.29 is 4.79 Å². The minimum Gasteiger partial charge on any atom is -0.337 e. The molecule has 1 saturated heterocycles. The summed E-state index contributed by atoms with van der Waals surface area (Å²) >= 11 is 3.35. The Morgan fingerprint density at radius 3 is 2.92 bits per heavy atom. The smallest absolute Gasteiger partial charge is 0.242 e. The van der Waals surface area contributed by atoms with Crippen molar-refractivity contribution in [3.63, 3.8) is 0 Å². The van der Waals surface area contributed by atoms with Crippen LogP contribution in [-0.2, 0) is 11.3 Å². The molecule has 134 valence electrons. The molecule has 1 aliphatic heterocycles. The highest BCUT2D eigenvalue weighted by Gasteiger charge is 2.44. The molecular weight excluding hydrogens is 382 g/mol. The molecular formula is C18H24BrN5O. The number of carbonyl (C=O) groups excluding carboxylic acids is 1.